The number of aromatic amines is 1. The van der Waals surface area contributed by atoms with Gasteiger partial charge in [0.25, 0.3) is 5.56 Å². The number of aryl methyl sites for hydroxylation is 2. The third-order valence-corrected chi connectivity index (χ3v) is 3.07. The van der Waals surface area contributed by atoms with Gasteiger partial charge in [-0.1, -0.05) is 6.92 Å². The molecule has 0 bridgehead atoms. The first-order chi connectivity index (χ1) is 8.65. The van der Waals surface area contributed by atoms with Crippen LogP contribution >= 0.6 is 0 Å². The summed E-state index contributed by atoms with van der Waals surface area (Å²) in [5, 5.41) is 0. The second kappa shape index (κ2) is 5.08. The summed E-state index contributed by atoms with van der Waals surface area (Å²) in [5.74, 6) is 0.811. The lowest BCUT2D eigenvalue weighted by Crippen LogP contribution is -2.12. The van der Waals surface area contributed by atoms with E-state index in [9.17, 15) is 4.79 Å². The molecule has 0 amide bonds. The summed E-state index contributed by atoms with van der Waals surface area (Å²) in [6.45, 7) is 3.91. The van der Waals surface area contributed by atoms with E-state index in [2.05, 4.69) is 11.9 Å². The molecule has 1 aromatic carbocycles. The van der Waals surface area contributed by atoms with Gasteiger partial charge < -0.3 is 9.72 Å². The number of hydrogen-bond acceptors (Lipinski definition) is 2. The third-order valence-electron chi connectivity index (χ3n) is 3.07. The molecule has 0 atom stereocenters. The average Bonchev–Trinajstić information content (AvgIpc) is 2.41. The van der Waals surface area contributed by atoms with Crippen LogP contribution in [0.15, 0.2) is 35.1 Å². The van der Waals surface area contributed by atoms with Crippen molar-refractivity contribution < 1.29 is 4.74 Å². The highest BCUT2D eigenvalue weighted by Crippen LogP contribution is 2.23. The number of benzene rings is 1. The topological polar surface area (TPSA) is 42.1 Å². The maximum absolute atomic E-state index is 11.7. The van der Waals surface area contributed by atoms with Crippen molar-refractivity contribution in [2.75, 3.05) is 7.11 Å². The zero-order valence-electron chi connectivity index (χ0n) is 10.9. The lowest BCUT2D eigenvalue weighted by Gasteiger charge is -2.09. The molecule has 0 aliphatic carbocycles. The highest BCUT2D eigenvalue weighted by atomic mass is 16.5. The van der Waals surface area contributed by atoms with Crippen molar-refractivity contribution in [1.82, 2.24) is 4.98 Å². The Hall–Kier alpha value is -2.03. The predicted octanol–water partition coefficient (Wildman–Crippen LogP) is 2.92. The summed E-state index contributed by atoms with van der Waals surface area (Å²) < 4.78 is 5.13. The van der Waals surface area contributed by atoms with Crippen molar-refractivity contribution in [2.24, 2.45) is 0 Å². The first kappa shape index (κ1) is 12.4. The maximum atomic E-state index is 11.7. The van der Waals surface area contributed by atoms with Crippen molar-refractivity contribution in [2.45, 2.75) is 20.3 Å². The minimum Gasteiger partial charge on any atom is -0.497 e. The van der Waals surface area contributed by atoms with Crippen molar-refractivity contribution in [3.8, 4) is 17.0 Å². The molecule has 1 aromatic heterocycles. The van der Waals surface area contributed by atoms with Crippen LogP contribution in [0.1, 0.15) is 18.1 Å². The van der Waals surface area contributed by atoms with Crippen LogP contribution in [0.5, 0.6) is 5.75 Å². The Morgan fingerprint density at radius 2 is 1.89 bits per heavy atom. The lowest BCUT2D eigenvalue weighted by molar-refractivity contribution is 0.415. The minimum atomic E-state index is -0.0296. The Balaban J connectivity index is 2.55. The molecular weight excluding hydrogens is 226 g/mol. The minimum absolute atomic E-state index is 0.0296. The van der Waals surface area contributed by atoms with E-state index in [-0.39, 0.29) is 5.56 Å². The van der Waals surface area contributed by atoms with Gasteiger partial charge in [0.1, 0.15) is 5.75 Å². The van der Waals surface area contributed by atoms with Gasteiger partial charge in [-0.25, -0.2) is 0 Å². The van der Waals surface area contributed by atoms with Gasteiger partial charge in [-0.15, -0.1) is 0 Å². The molecular formula is C15H17NO2. The van der Waals surface area contributed by atoms with E-state index in [0.29, 0.717) is 0 Å². The van der Waals surface area contributed by atoms with Gasteiger partial charge in [0.2, 0.25) is 0 Å². The molecule has 3 nitrogen and oxygen atoms in total. The summed E-state index contributed by atoms with van der Waals surface area (Å²) in [6, 6.07) is 9.66. The van der Waals surface area contributed by atoms with E-state index in [0.717, 1.165) is 34.6 Å². The Bertz CT molecular complexity index is 597. The number of H-pyrrole nitrogens is 1. The number of hydrogen-bond donors (Lipinski definition) is 1. The monoisotopic (exact) mass is 243 g/mol. The van der Waals surface area contributed by atoms with Crippen LogP contribution < -0.4 is 10.3 Å². The van der Waals surface area contributed by atoms with Crippen molar-refractivity contribution >= 4 is 0 Å². The van der Waals surface area contributed by atoms with Crippen LogP contribution in [0.25, 0.3) is 11.3 Å². The SMILES string of the molecule is CCc1cc(C)c(=O)[nH]c1-c1ccc(OC)cc1. The second-order valence-electron chi connectivity index (χ2n) is 4.26. The van der Waals surface area contributed by atoms with E-state index >= 15 is 0 Å². The normalized spacial score (nSPS) is 10.4. The molecule has 0 aliphatic heterocycles. The number of rotatable bonds is 3. The van der Waals surface area contributed by atoms with Gasteiger partial charge in [-0.05, 0) is 54.8 Å². The molecule has 18 heavy (non-hydrogen) atoms. The van der Waals surface area contributed by atoms with Gasteiger partial charge in [0.05, 0.1) is 12.8 Å². The number of methoxy groups -OCH3 is 1. The molecule has 0 saturated carbocycles. The van der Waals surface area contributed by atoms with E-state index in [4.69, 9.17) is 4.74 Å². The number of aromatic nitrogens is 1. The molecule has 0 unspecified atom stereocenters. The molecule has 2 rings (SSSR count). The summed E-state index contributed by atoms with van der Waals surface area (Å²) in [4.78, 5) is 14.7. The van der Waals surface area contributed by atoms with Crippen LogP contribution in [-0.4, -0.2) is 12.1 Å². The molecule has 2 aromatic rings. The smallest absolute Gasteiger partial charge is 0.251 e. The summed E-state index contributed by atoms with van der Waals surface area (Å²) in [7, 11) is 1.64. The van der Waals surface area contributed by atoms with Gasteiger partial charge >= 0.3 is 0 Å². The highest BCUT2D eigenvalue weighted by Gasteiger charge is 2.07. The molecule has 0 saturated heterocycles. The van der Waals surface area contributed by atoms with Gasteiger partial charge in [-0.2, -0.15) is 0 Å². The molecule has 0 aliphatic rings. The van der Waals surface area contributed by atoms with Crippen molar-refractivity contribution in [3.63, 3.8) is 0 Å². The molecule has 3 heteroatoms. The van der Waals surface area contributed by atoms with Crippen molar-refractivity contribution in [1.29, 1.82) is 0 Å². The first-order valence-electron chi connectivity index (χ1n) is 6.03. The standard InChI is InChI=1S/C15H17NO2/c1-4-11-9-10(2)15(17)16-14(11)12-5-7-13(18-3)8-6-12/h5-9H,4H2,1-3H3,(H,16,17). The van der Waals surface area contributed by atoms with Crippen LogP contribution in [-0.2, 0) is 6.42 Å². The third kappa shape index (κ3) is 2.30. The van der Waals surface area contributed by atoms with Crippen LogP contribution in [0.4, 0.5) is 0 Å². The Kier molecular flexibility index (Phi) is 3.51. The van der Waals surface area contributed by atoms with Crippen LogP contribution in [0.2, 0.25) is 0 Å². The molecule has 0 spiro atoms. The van der Waals surface area contributed by atoms with Gasteiger partial charge in [0, 0.05) is 5.56 Å². The molecule has 94 valence electrons. The van der Waals surface area contributed by atoms with E-state index in [1.165, 1.54) is 0 Å². The fourth-order valence-corrected chi connectivity index (χ4v) is 1.99. The van der Waals surface area contributed by atoms with E-state index < -0.39 is 0 Å². The van der Waals surface area contributed by atoms with Crippen LogP contribution in [0, 0.1) is 6.92 Å². The second-order valence-corrected chi connectivity index (χ2v) is 4.26. The molecule has 1 heterocycles. The zero-order valence-corrected chi connectivity index (χ0v) is 10.9. The van der Waals surface area contributed by atoms with E-state index in [1.807, 2.05) is 37.3 Å². The summed E-state index contributed by atoms with van der Waals surface area (Å²) in [5.41, 5.74) is 3.78. The number of ether oxygens (including phenoxy) is 1. The van der Waals surface area contributed by atoms with E-state index in [1.54, 1.807) is 7.11 Å². The Morgan fingerprint density at radius 3 is 2.44 bits per heavy atom. The predicted molar refractivity (Wildman–Crippen MR) is 73.2 cm³/mol. The van der Waals surface area contributed by atoms with Gasteiger partial charge in [-0.3, -0.25) is 4.79 Å². The fraction of sp³-hybridized carbons (Fsp3) is 0.267. The Morgan fingerprint density at radius 1 is 1.22 bits per heavy atom. The molecule has 0 radical (unpaired) electrons. The molecule has 0 fully saturated rings. The van der Waals surface area contributed by atoms with Gasteiger partial charge in [0.15, 0.2) is 0 Å². The average molecular weight is 243 g/mol. The Labute approximate surface area is 106 Å². The lowest BCUT2D eigenvalue weighted by atomic mass is 10.0. The largest absolute Gasteiger partial charge is 0.497 e. The fourth-order valence-electron chi connectivity index (χ4n) is 1.99. The summed E-state index contributed by atoms with van der Waals surface area (Å²) in [6.07, 6.45) is 0.888. The quantitative estimate of drug-likeness (QED) is 0.900. The highest BCUT2D eigenvalue weighted by molar-refractivity contribution is 5.64. The van der Waals surface area contributed by atoms with Crippen LogP contribution in [0.3, 0.4) is 0 Å². The zero-order chi connectivity index (χ0) is 13.1. The van der Waals surface area contributed by atoms with Crippen molar-refractivity contribution in [3.05, 3.63) is 51.8 Å². The maximum Gasteiger partial charge on any atom is 0.251 e. The number of nitrogens with one attached hydrogen (secondary N) is 1. The first-order valence-corrected chi connectivity index (χ1v) is 6.03. The molecule has 1 N–H and O–H groups in total. The summed E-state index contributed by atoms with van der Waals surface area (Å²) >= 11 is 0. The number of pyridine rings is 1.